The fraction of sp³-hybridized carbons (Fsp3) is 0.111. The maximum absolute atomic E-state index is 13.4. The van der Waals surface area contributed by atoms with Crippen molar-refractivity contribution in [3.63, 3.8) is 0 Å². The van der Waals surface area contributed by atoms with Crippen molar-refractivity contribution in [3.05, 3.63) is 135 Å². The molecule has 1 unspecified atom stereocenters. The molecule has 0 bridgehead atoms. The first kappa shape index (κ1) is 32.7. The average molecular weight is 667 g/mol. The molecule has 5 rings (SSSR count). The number of aryl methyl sites for hydroxylation is 2. The molecule has 3 N–H and O–H groups in total. The van der Waals surface area contributed by atoms with Crippen LogP contribution in [-0.2, 0) is 9.59 Å². The number of carbonyl (C=O) groups is 3. The summed E-state index contributed by atoms with van der Waals surface area (Å²) in [5, 5.41) is 9.21. The van der Waals surface area contributed by atoms with E-state index in [0.717, 1.165) is 21.0 Å². The number of amides is 3. The molecule has 1 aromatic heterocycles. The predicted octanol–water partition coefficient (Wildman–Crippen LogP) is 8.61. The van der Waals surface area contributed by atoms with E-state index in [9.17, 15) is 14.4 Å². The number of nitrogens with one attached hydrogen (secondary N) is 3. The lowest BCUT2D eigenvalue weighted by Crippen LogP contribution is -2.30. The Bertz CT molecular complexity index is 1890. The summed E-state index contributed by atoms with van der Waals surface area (Å²) in [7, 11) is 0. The predicted molar refractivity (Wildman–Crippen MR) is 189 cm³/mol. The van der Waals surface area contributed by atoms with Crippen molar-refractivity contribution < 1.29 is 14.4 Å². The van der Waals surface area contributed by atoms with Gasteiger partial charge in [0.1, 0.15) is 5.70 Å². The Kier molecular flexibility index (Phi) is 10.7. The Morgan fingerprint density at radius 2 is 1.59 bits per heavy atom. The number of halogens is 1. The first-order valence-electron chi connectivity index (χ1n) is 14.4. The molecule has 3 amide bonds. The number of aromatic nitrogens is 1. The van der Waals surface area contributed by atoms with Crippen LogP contribution in [0.3, 0.4) is 0 Å². The van der Waals surface area contributed by atoms with Crippen LogP contribution in [0.25, 0.3) is 17.3 Å². The normalized spacial score (nSPS) is 11.9. The zero-order chi connectivity index (χ0) is 32.6. The summed E-state index contributed by atoms with van der Waals surface area (Å²) in [6.45, 7) is 5.85. The second kappa shape index (κ2) is 15.1. The molecule has 0 spiro atoms. The number of carbonyl (C=O) groups excluding carboxylic acids is 3. The van der Waals surface area contributed by atoms with Gasteiger partial charge >= 0.3 is 0 Å². The van der Waals surface area contributed by atoms with Gasteiger partial charge in [-0.1, -0.05) is 77.8 Å². The summed E-state index contributed by atoms with van der Waals surface area (Å²) in [4.78, 5) is 45.9. The molecule has 0 radical (unpaired) electrons. The van der Waals surface area contributed by atoms with Gasteiger partial charge in [-0.2, -0.15) is 0 Å². The summed E-state index contributed by atoms with van der Waals surface area (Å²) in [5.41, 5.74) is 4.71. The first-order chi connectivity index (χ1) is 22.1. The highest BCUT2D eigenvalue weighted by Gasteiger charge is 2.19. The maximum Gasteiger partial charge on any atom is 0.272 e. The third-order valence-corrected chi connectivity index (χ3v) is 9.07. The number of rotatable bonds is 10. The number of anilines is 2. The van der Waals surface area contributed by atoms with E-state index >= 15 is 0 Å². The Labute approximate surface area is 281 Å². The molecular formula is C36H31ClN4O3S2. The van der Waals surface area contributed by atoms with Crippen LogP contribution in [0.1, 0.15) is 33.3 Å². The second-order valence-corrected chi connectivity index (χ2v) is 13.5. The second-order valence-electron chi connectivity index (χ2n) is 10.5. The van der Waals surface area contributed by atoms with Crippen LogP contribution in [0.15, 0.2) is 114 Å². The number of benzene rings is 4. The van der Waals surface area contributed by atoms with Crippen LogP contribution in [0.2, 0.25) is 5.02 Å². The van der Waals surface area contributed by atoms with Crippen molar-refractivity contribution in [1.29, 1.82) is 0 Å². The first-order valence-corrected chi connectivity index (χ1v) is 16.5. The molecule has 0 aliphatic carbocycles. The highest BCUT2D eigenvalue weighted by molar-refractivity contribution is 8.00. The van der Waals surface area contributed by atoms with Crippen molar-refractivity contribution in [2.75, 3.05) is 10.6 Å². The average Bonchev–Trinajstić information content (AvgIpc) is 3.41. The summed E-state index contributed by atoms with van der Waals surface area (Å²) >= 11 is 8.83. The molecule has 10 heteroatoms. The summed E-state index contributed by atoms with van der Waals surface area (Å²) in [6, 6.07) is 30.9. The van der Waals surface area contributed by atoms with E-state index in [2.05, 4.69) is 20.9 Å². The topological polar surface area (TPSA) is 100 Å². The Balaban J connectivity index is 1.26. The largest absolute Gasteiger partial charge is 0.321 e. The lowest BCUT2D eigenvalue weighted by molar-refractivity contribution is -0.115. The molecule has 232 valence electrons. The lowest BCUT2D eigenvalue weighted by atomic mass is 10.1. The van der Waals surface area contributed by atoms with Crippen LogP contribution in [0.5, 0.6) is 0 Å². The van der Waals surface area contributed by atoms with Crippen molar-refractivity contribution in [2.24, 2.45) is 0 Å². The number of thioether (sulfide) groups is 1. The third kappa shape index (κ3) is 8.72. The van der Waals surface area contributed by atoms with Gasteiger partial charge in [-0.05, 0) is 74.9 Å². The van der Waals surface area contributed by atoms with E-state index in [1.165, 1.54) is 28.7 Å². The molecule has 4 aromatic carbocycles. The summed E-state index contributed by atoms with van der Waals surface area (Å²) in [6.07, 6.45) is 1.59. The van der Waals surface area contributed by atoms with Crippen LogP contribution < -0.4 is 16.0 Å². The molecule has 1 heterocycles. The fourth-order valence-electron chi connectivity index (χ4n) is 4.41. The van der Waals surface area contributed by atoms with Crippen molar-refractivity contribution >= 4 is 69.3 Å². The van der Waals surface area contributed by atoms with Gasteiger partial charge in [0, 0.05) is 31.6 Å². The highest BCUT2D eigenvalue weighted by atomic mass is 35.5. The van der Waals surface area contributed by atoms with Gasteiger partial charge in [-0.3, -0.25) is 14.4 Å². The molecule has 0 fully saturated rings. The zero-order valence-corrected chi connectivity index (χ0v) is 27.7. The molecule has 7 nitrogen and oxygen atoms in total. The van der Waals surface area contributed by atoms with Gasteiger partial charge in [-0.15, -0.1) is 23.1 Å². The molecule has 0 saturated heterocycles. The van der Waals surface area contributed by atoms with Crippen LogP contribution in [0, 0.1) is 13.8 Å². The third-order valence-electron chi connectivity index (χ3n) is 6.84. The fourth-order valence-corrected chi connectivity index (χ4v) is 6.30. The van der Waals surface area contributed by atoms with Crippen molar-refractivity contribution in [3.8, 4) is 11.3 Å². The Morgan fingerprint density at radius 1 is 0.870 bits per heavy atom. The summed E-state index contributed by atoms with van der Waals surface area (Å²) in [5.74, 6) is -1.10. The van der Waals surface area contributed by atoms with E-state index in [1.807, 2.05) is 57.2 Å². The maximum atomic E-state index is 13.4. The molecule has 0 aliphatic heterocycles. The van der Waals surface area contributed by atoms with E-state index in [4.69, 9.17) is 11.6 Å². The van der Waals surface area contributed by atoms with E-state index in [0.29, 0.717) is 27.0 Å². The van der Waals surface area contributed by atoms with E-state index in [1.54, 1.807) is 72.8 Å². The molecule has 0 aliphatic rings. The van der Waals surface area contributed by atoms with Crippen LogP contribution >= 0.6 is 34.7 Å². The van der Waals surface area contributed by atoms with Crippen LogP contribution in [0.4, 0.5) is 10.8 Å². The quantitative estimate of drug-likeness (QED) is 0.102. The van der Waals surface area contributed by atoms with Gasteiger partial charge in [0.2, 0.25) is 5.91 Å². The molecule has 46 heavy (non-hydrogen) atoms. The minimum Gasteiger partial charge on any atom is -0.321 e. The molecular weight excluding hydrogens is 636 g/mol. The molecule has 1 atom stereocenters. The summed E-state index contributed by atoms with van der Waals surface area (Å²) < 4.78 is 0. The van der Waals surface area contributed by atoms with Gasteiger partial charge in [-0.25, -0.2) is 4.98 Å². The standard InChI is InChI=1S/C36H31ClN4O3S2/c1-22-12-16-26(17-13-22)32-23(2)46-36(40-32)41-33(42)24(3)45-30-11-7-10-29(21-30)38-35(44)31(20-25-14-18-28(37)19-15-25)39-34(43)27-8-5-4-6-9-27/h4-21,24H,1-3H3,(H,38,44)(H,39,43)(H,40,41,42)/b31-20-. The van der Waals surface area contributed by atoms with Crippen molar-refractivity contribution in [2.45, 2.75) is 30.9 Å². The highest BCUT2D eigenvalue weighted by Crippen LogP contribution is 2.32. The van der Waals surface area contributed by atoms with E-state index < -0.39 is 17.1 Å². The van der Waals surface area contributed by atoms with Gasteiger partial charge < -0.3 is 16.0 Å². The SMILES string of the molecule is Cc1ccc(-c2nc(NC(=O)C(C)Sc3cccc(NC(=O)/C(=C/c4ccc(Cl)cc4)NC(=O)c4ccccc4)c3)sc2C)cc1. The van der Waals surface area contributed by atoms with Gasteiger partial charge in [0.25, 0.3) is 11.8 Å². The Hall–Kier alpha value is -4.70. The monoisotopic (exact) mass is 666 g/mol. The zero-order valence-electron chi connectivity index (χ0n) is 25.3. The Morgan fingerprint density at radius 3 is 2.30 bits per heavy atom. The lowest BCUT2D eigenvalue weighted by Gasteiger charge is -2.13. The van der Waals surface area contributed by atoms with Gasteiger partial charge in [0.15, 0.2) is 5.13 Å². The molecule has 0 saturated carbocycles. The number of thiazole rings is 1. The van der Waals surface area contributed by atoms with Crippen LogP contribution in [-0.4, -0.2) is 28.0 Å². The molecule has 5 aromatic rings. The minimum atomic E-state index is -0.504. The van der Waals surface area contributed by atoms with Crippen molar-refractivity contribution in [1.82, 2.24) is 10.3 Å². The van der Waals surface area contributed by atoms with Gasteiger partial charge in [0.05, 0.1) is 10.9 Å². The minimum absolute atomic E-state index is 0.0609. The number of hydrogen-bond acceptors (Lipinski definition) is 6. The number of hydrogen-bond donors (Lipinski definition) is 3. The smallest absolute Gasteiger partial charge is 0.272 e. The van der Waals surface area contributed by atoms with E-state index in [-0.39, 0.29) is 11.6 Å². The number of nitrogens with zero attached hydrogens (tertiary/aromatic N) is 1.